The molecule has 0 spiro atoms. The summed E-state index contributed by atoms with van der Waals surface area (Å²) >= 11 is 0. The summed E-state index contributed by atoms with van der Waals surface area (Å²) in [6.45, 7) is 0. The highest BCUT2D eigenvalue weighted by atomic mass is 32.2. The smallest absolute Gasteiger partial charge is 0.295 e. The van der Waals surface area contributed by atoms with Crippen LogP contribution in [0.25, 0.3) is 21.5 Å². The molecule has 5 nitrogen and oxygen atoms in total. The lowest BCUT2D eigenvalue weighted by Crippen LogP contribution is -2.29. The van der Waals surface area contributed by atoms with Crippen LogP contribution in [0.15, 0.2) is 102 Å². The Hall–Kier alpha value is -3.70. The number of hydrogen-bond acceptors (Lipinski definition) is 4. The second-order valence-electron chi connectivity index (χ2n) is 7.96. The quantitative estimate of drug-likeness (QED) is 0.210. The SMILES string of the molecule is O=Cc1ccc2ccccc2c1P(c1ccccc1S(=O)(=O)O)c1c(C=O)ccc2ccccc12. The van der Waals surface area contributed by atoms with Crippen molar-refractivity contribution in [1.82, 2.24) is 0 Å². The molecule has 0 heterocycles. The molecule has 0 radical (unpaired) electrons. The summed E-state index contributed by atoms with van der Waals surface area (Å²) in [5.74, 6) is 0. The van der Waals surface area contributed by atoms with Crippen molar-refractivity contribution in [2.45, 2.75) is 4.90 Å². The zero-order valence-electron chi connectivity index (χ0n) is 18.3. The van der Waals surface area contributed by atoms with E-state index in [0.717, 1.165) is 34.1 Å². The molecule has 5 aromatic carbocycles. The van der Waals surface area contributed by atoms with Crippen LogP contribution in [0, 0.1) is 0 Å². The summed E-state index contributed by atoms with van der Waals surface area (Å²) in [5, 5.41) is 4.89. The number of carbonyl (C=O) groups excluding carboxylic acids is 2. The Balaban J connectivity index is 2.03. The van der Waals surface area contributed by atoms with Gasteiger partial charge >= 0.3 is 0 Å². The third-order valence-corrected chi connectivity index (χ3v) is 9.78. The maximum Gasteiger partial charge on any atom is 0.295 e. The first-order valence-corrected chi connectivity index (χ1v) is 13.5. The van der Waals surface area contributed by atoms with E-state index in [1.807, 2.05) is 60.7 Å². The average Bonchev–Trinajstić information content (AvgIpc) is 2.88. The van der Waals surface area contributed by atoms with Gasteiger partial charge in [0.15, 0.2) is 12.6 Å². The fraction of sp³-hybridized carbons (Fsp3) is 0. The molecule has 0 aliphatic rings. The number of hydrogen-bond donors (Lipinski definition) is 1. The maximum atomic E-state index is 12.5. The van der Waals surface area contributed by atoms with E-state index in [1.54, 1.807) is 24.3 Å². The molecule has 0 saturated heterocycles. The molecule has 0 aliphatic carbocycles. The van der Waals surface area contributed by atoms with Crippen LogP contribution in [-0.2, 0) is 10.1 Å². The molecular weight excluding hydrogens is 479 g/mol. The minimum absolute atomic E-state index is 0.249. The van der Waals surface area contributed by atoms with E-state index in [4.69, 9.17) is 0 Å². The molecule has 0 bridgehead atoms. The van der Waals surface area contributed by atoms with Gasteiger partial charge in [0, 0.05) is 27.0 Å². The van der Waals surface area contributed by atoms with E-state index < -0.39 is 18.0 Å². The average molecular weight is 498 g/mol. The number of carbonyl (C=O) groups is 2. The fourth-order valence-electron chi connectivity index (χ4n) is 4.45. The van der Waals surface area contributed by atoms with Crippen molar-refractivity contribution in [3.8, 4) is 0 Å². The molecule has 35 heavy (non-hydrogen) atoms. The molecule has 0 atom stereocenters. The zero-order chi connectivity index (χ0) is 24.6. The van der Waals surface area contributed by atoms with Crippen LogP contribution in [0.5, 0.6) is 0 Å². The van der Waals surface area contributed by atoms with Gasteiger partial charge in [0.05, 0.1) is 0 Å². The van der Waals surface area contributed by atoms with E-state index >= 15 is 0 Å². The van der Waals surface area contributed by atoms with Crippen molar-refractivity contribution in [3.05, 3.63) is 108 Å². The number of rotatable bonds is 6. The Kier molecular flexibility index (Phi) is 6.03. The van der Waals surface area contributed by atoms with Gasteiger partial charge in [0.25, 0.3) is 10.1 Å². The molecule has 1 N–H and O–H groups in total. The highest BCUT2D eigenvalue weighted by molar-refractivity contribution is 7.88. The third-order valence-electron chi connectivity index (χ3n) is 5.95. The topological polar surface area (TPSA) is 88.5 Å². The second-order valence-corrected chi connectivity index (χ2v) is 11.4. The Labute approximate surface area is 203 Å². The predicted octanol–water partition coefficient (Wildman–Crippen LogP) is 4.62. The highest BCUT2D eigenvalue weighted by Crippen LogP contribution is 2.42. The minimum atomic E-state index is -4.60. The first-order valence-electron chi connectivity index (χ1n) is 10.7. The standard InChI is InChI=1S/C28H19O5PS/c29-17-21-15-13-19-7-1-3-9-23(19)27(21)34(25-11-5-6-12-26(25)35(31,32)33)28-22(18-30)16-14-20-8-2-4-10-24(20)28/h1-18H,(H,31,32,33). The van der Waals surface area contributed by atoms with Crippen molar-refractivity contribution in [2.75, 3.05) is 0 Å². The van der Waals surface area contributed by atoms with Gasteiger partial charge < -0.3 is 0 Å². The summed E-state index contributed by atoms with van der Waals surface area (Å²) in [7, 11) is -6.39. The minimum Gasteiger partial charge on any atom is -0.298 e. The van der Waals surface area contributed by atoms with Gasteiger partial charge in [-0.15, -0.1) is 0 Å². The van der Waals surface area contributed by atoms with Gasteiger partial charge in [0.2, 0.25) is 0 Å². The van der Waals surface area contributed by atoms with E-state index in [0.29, 0.717) is 27.0 Å². The summed E-state index contributed by atoms with van der Waals surface area (Å²) in [4.78, 5) is 24.4. The van der Waals surface area contributed by atoms with Crippen LogP contribution in [0.1, 0.15) is 20.7 Å². The van der Waals surface area contributed by atoms with E-state index in [-0.39, 0.29) is 4.90 Å². The monoisotopic (exact) mass is 498 g/mol. The first-order chi connectivity index (χ1) is 16.9. The Morgan fingerprint density at radius 2 is 1.06 bits per heavy atom. The van der Waals surface area contributed by atoms with Crippen molar-refractivity contribution < 1.29 is 22.6 Å². The second kappa shape index (κ2) is 9.16. The molecule has 5 rings (SSSR count). The molecular formula is C28H19O5PS. The summed E-state index contributed by atoms with van der Waals surface area (Å²) in [6.07, 6.45) is 1.50. The van der Waals surface area contributed by atoms with Gasteiger partial charge in [-0.25, -0.2) is 0 Å². The fourth-order valence-corrected chi connectivity index (χ4v) is 8.54. The van der Waals surface area contributed by atoms with Gasteiger partial charge in [-0.1, -0.05) is 91.0 Å². The summed E-state index contributed by atoms with van der Waals surface area (Å²) < 4.78 is 35.1. The molecule has 0 unspecified atom stereocenters. The van der Waals surface area contributed by atoms with Gasteiger partial charge in [-0.2, -0.15) is 8.42 Å². The predicted molar refractivity (Wildman–Crippen MR) is 141 cm³/mol. The molecule has 0 fully saturated rings. The van der Waals surface area contributed by atoms with Crippen LogP contribution in [0.2, 0.25) is 0 Å². The molecule has 172 valence electrons. The van der Waals surface area contributed by atoms with E-state index in [1.165, 1.54) is 12.1 Å². The van der Waals surface area contributed by atoms with Crippen molar-refractivity contribution >= 4 is 68.1 Å². The van der Waals surface area contributed by atoms with Crippen LogP contribution in [-0.4, -0.2) is 25.5 Å². The number of fused-ring (bicyclic) bond motifs is 2. The van der Waals surface area contributed by atoms with Gasteiger partial charge in [0.1, 0.15) is 4.90 Å². The Morgan fingerprint density at radius 3 is 1.54 bits per heavy atom. The van der Waals surface area contributed by atoms with Crippen LogP contribution in [0.3, 0.4) is 0 Å². The number of aldehydes is 2. The van der Waals surface area contributed by atoms with E-state index in [2.05, 4.69) is 0 Å². The molecule has 0 aromatic heterocycles. The van der Waals surface area contributed by atoms with Crippen LogP contribution < -0.4 is 15.9 Å². The number of benzene rings is 5. The lowest BCUT2D eigenvalue weighted by Gasteiger charge is -2.26. The zero-order valence-corrected chi connectivity index (χ0v) is 20.0. The molecule has 0 saturated carbocycles. The summed E-state index contributed by atoms with van der Waals surface area (Å²) in [6, 6.07) is 28.4. The molecule has 5 aromatic rings. The van der Waals surface area contributed by atoms with Crippen LogP contribution in [0.4, 0.5) is 0 Å². The lowest BCUT2D eigenvalue weighted by molar-refractivity contribution is 0.111. The largest absolute Gasteiger partial charge is 0.298 e. The third kappa shape index (κ3) is 4.06. The first kappa shape index (κ1) is 23.1. The van der Waals surface area contributed by atoms with Crippen LogP contribution >= 0.6 is 7.92 Å². The van der Waals surface area contributed by atoms with Crippen molar-refractivity contribution in [2.24, 2.45) is 0 Å². The maximum absolute atomic E-state index is 12.5. The Morgan fingerprint density at radius 1 is 0.600 bits per heavy atom. The van der Waals surface area contributed by atoms with Gasteiger partial charge in [-0.05, 0) is 35.5 Å². The van der Waals surface area contributed by atoms with Crippen molar-refractivity contribution in [3.63, 3.8) is 0 Å². The molecule has 7 heteroatoms. The molecule has 0 aliphatic heterocycles. The van der Waals surface area contributed by atoms with Crippen molar-refractivity contribution in [1.29, 1.82) is 0 Å². The molecule has 0 amide bonds. The summed E-state index contributed by atoms with van der Waals surface area (Å²) in [5.41, 5.74) is 0.787. The normalized spacial score (nSPS) is 11.7. The lowest BCUT2D eigenvalue weighted by atomic mass is 10.1. The Bertz CT molecular complexity index is 1640. The van der Waals surface area contributed by atoms with Gasteiger partial charge in [-0.3, -0.25) is 14.1 Å². The van der Waals surface area contributed by atoms with E-state index in [9.17, 15) is 22.6 Å². The highest BCUT2D eigenvalue weighted by Gasteiger charge is 2.30.